The molecule has 4 aliphatic rings. The zero-order chi connectivity index (χ0) is 24.1. The molecule has 2 aromatic carbocycles. The molecule has 182 valence electrons. The fourth-order valence-corrected chi connectivity index (χ4v) is 5.42. The van der Waals surface area contributed by atoms with E-state index in [9.17, 15) is 18.0 Å². The molecular formula is C26H29F3N2O3. The van der Waals surface area contributed by atoms with Crippen LogP contribution < -0.4 is 10.1 Å². The minimum atomic E-state index is -4.46. The maximum atomic E-state index is 13.5. The van der Waals surface area contributed by atoms with E-state index < -0.39 is 29.3 Å². The number of nitrogens with one attached hydrogen (secondary N) is 1. The van der Waals surface area contributed by atoms with Crippen LogP contribution in [0, 0.1) is 11.3 Å². The summed E-state index contributed by atoms with van der Waals surface area (Å²) in [5.74, 6) is 0.879. The van der Waals surface area contributed by atoms with Crippen molar-refractivity contribution in [3.8, 4) is 16.9 Å². The molecule has 4 heterocycles. The third kappa shape index (κ3) is 4.35. The van der Waals surface area contributed by atoms with Gasteiger partial charge in [-0.25, -0.2) is 4.79 Å². The number of alkyl halides is 3. The molecule has 0 radical (unpaired) electrons. The van der Waals surface area contributed by atoms with Crippen molar-refractivity contribution in [1.29, 1.82) is 0 Å². The van der Waals surface area contributed by atoms with E-state index in [2.05, 4.69) is 10.2 Å². The number of fused-ring (bicyclic) bond motifs is 4. The van der Waals surface area contributed by atoms with Gasteiger partial charge in [-0.3, -0.25) is 4.90 Å². The molecule has 3 saturated heterocycles. The highest BCUT2D eigenvalue weighted by molar-refractivity contribution is 5.72. The van der Waals surface area contributed by atoms with E-state index in [-0.39, 0.29) is 11.7 Å². The normalized spacial score (nSPS) is 27.4. The minimum absolute atomic E-state index is 0.0949. The number of alkyl carbamates (subject to hydrolysis) is 1. The van der Waals surface area contributed by atoms with Crippen LogP contribution in [0.5, 0.6) is 5.75 Å². The molecule has 0 aromatic heterocycles. The summed E-state index contributed by atoms with van der Waals surface area (Å²) in [5, 5.41) is 3.03. The van der Waals surface area contributed by atoms with Crippen molar-refractivity contribution in [2.75, 3.05) is 26.2 Å². The number of halogens is 3. The molecule has 34 heavy (non-hydrogen) atoms. The van der Waals surface area contributed by atoms with Crippen molar-refractivity contribution in [3.63, 3.8) is 0 Å². The average molecular weight is 475 g/mol. The fourth-order valence-electron chi connectivity index (χ4n) is 5.42. The highest BCUT2D eigenvalue weighted by Crippen LogP contribution is 2.45. The standard InChI is InChI=1S/C26H29F3N2O3/c1-25(2)15-33-21-13-17(18-5-3-4-6-20(18)26(27,28)29)7-8-19(21)23(25)30-24(32)34-22-14-31-11-9-16(22)10-12-31/h3-8,13,16,22-23H,9-12,14-15H2,1-2H3,(H,30,32)/t22-,23?/m0/s1. The Balaban J connectivity index is 1.39. The summed E-state index contributed by atoms with van der Waals surface area (Å²) in [4.78, 5) is 15.2. The number of benzene rings is 2. The molecule has 1 amide bonds. The third-order valence-electron chi connectivity index (χ3n) is 7.37. The summed E-state index contributed by atoms with van der Waals surface area (Å²) in [7, 11) is 0. The van der Waals surface area contributed by atoms with Gasteiger partial charge in [0.15, 0.2) is 0 Å². The molecule has 1 N–H and O–H groups in total. The molecule has 0 spiro atoms. The first kappa shape index (κ1) is 23.0. The minimum Gasteiger partial charge on any atom is -0.493 e. The van der Waals surface area contributed by atoms with Crippen molar-refractivity contribution in [1.82, 2.24) is 10.2 Å². The largest absolute Gasteiger partial charge is 0.493 e. The van der Waals surface area contributed by atoms with Gasteiger partial charge < -0.3 is 14.8 Å². The number of carbonyl (C=O) groups is 1. The SMILES string of the molecule is CC1(C)COc2cc(-c3ccccc3C(F)(F)F)ccc2C1NC(=O)O[C@H]1CN2CCC1CC2. The Bertz CT molecular complexity index is 1080. The van der Waals surface area contributed by atoms with Gasteiger partial charge in [-0.15, -0.1) is 0 Å². The maximum Gasteiger partial charge on any atom is 0.417 e. The second-order valence-corrected chi connectivity index (χ2v) is 10.2. The first-order valence-electron chi connectivity index (χ1n) is 11.7. The molecule has 0 aliphatic carbocycles. The number of rotatable bonds is 3. The molecule has 0 saturated carbocycles. The Hall–Kier alpha value is -2.74. The molecule has 2 atom stereocenters. The smallest absolute Gasteiger partial charge is 0.417 e. The molecule has 1 unspecified atom stereocenters. The topological polar surface area (TPSA) is 50.8 Å². The summed E-state index contributed by atoms with van der Waals surface area (Å²) in [5.41, 5.74) is 0.127. The van der Waals surface area contributed by atoms with Crippen molar-refractivity contribution < 1.29 is 27.4 Å². The molecule has 8 heteroatoms. The summed E-state index contributed by atoms with van der Waals surface area (Å²) in [6.07, 6.45) is -2.93. The Kier molecular flexibility index (Phi) is 5.74. The Morgan fingerprint density at radius 1 is 1.15 bits per heavy atom. The molecular weight excluding hydrogens is 445 g/mol. The van der Waals surface area contributed by atoms with Crippen LogP contribution in [0.1, 0.15) is 43.9 Å². The van der Waals surface area contributed by atoms with Crippen LogP contribution in [0.3, 0.4) is 0 Å². The lowest BCUT2D eigenvalue weighted by molar-refractivity contribution is -0.137. The molecule has 2 bridgehead atoms. The number of hydrogen-bond donors (Lipinski definition) is 1. The van der Waals surface area contributed by atoms with Crippen molar-refractivity contribution in [2.24, 2.45) is 11.3 Å². The lowest BCUT2D eigenvalue weighted by Crippen LogP contribution is -2.53. The van der Waals surface area contributed by atoms with Gasteiger partial charge in [-0.05, 0) is 55.1 Å². The molecule has 5 nitrogen and oxygen atoms in total. The lowest BCUT2D eigenvalue weighted by atomic mass is 9.78. The monoisotopic (exact) mass is 474 g/mol. The van der Waals surface area contributed by atoms with Crippen LogP contribution in [-0.4, -0.2) is 43.3 Å². The van der Waals surface area contributed by atoms with Crippen LogP contribution in [0.25, 0.3) is 11.1 Å². The zero-order valence-electron chi connectivity index (χ0n) is 19.3. The van der Waals surface area contributed by atoms with E-state index in [0.717, 1.165) is 44.1 Å². The second kappa shape index (κ2) is 8.48. The third-order valence-corrected chi connectivity index (χ3v) is 7.37. The lowest BCUT2D eigenvalue weighted by Gasteiger charge is -2.44. The van der Waals surface area contributed by atoms with E-state index in [0.29, 0.717) is 23.8 Å². The van der Waals surface area contributed by atoms with E-state index >= 15 is 0 Å². The summed E-state index contributed by atoms with van der Waals surface area (Å²) in [6.45, 7) is 7.19. The van der Waals surface area contributed by atoms with E-state index in [1.54, 1.807) is 24.3 Å². The van der Waals surface area contributed by atoms with Gasteiger partial charge in [0.1, 0.15) is 11.9 Å². The van der Waals surface area contributed by atoms with E-state index in [1.807, 2.05) is 13.8 Å². The zero-order valence-corrected chi connectivity index (χ0v) is 19.3. The van der Waals surface area contributed by atoms with Gasteiger partial charge in [-0.1, -0.05) is 44.2 Å². The number of nitrogens with zero attached hydrogens (tertiary/aromatic N) is 1. The highest BCUT2D eigenvalue weighted by Gasteiger charge is 2.41. The Morgan fingerprint density at radius 3 is 2.56 bits per heavy atom. The number of amides is 1. The van der Waals surface area contributed by atoms with Gasteiger partial charge in [0.2, 0.25) is 0 Å². The van der Waals surface area contributed by atoms with E-state index in [4.69, 9.17) is 9.47 Å². The van der Waals surface area contributed by atoms with Gasteiger partial charge >= 0.3 is 12.3 Å². The predicted octanol–water partition coefficient (Wildman–Crippen LogP) is 5.65. The summed E-state index contributed by atoms with van der Waals surface area (Å²) >= 11 is 0. The van der Waals surface area contributed by atoms with Gasteiger partial charge in [0.05, 0.1) is 18.2 Å². The van der Waals surface area contributed by atoms with Crippen molar-refractivity contribution >= 4 is 6.09 Å². The molecule has 4 aliphatic heterocycles. The molecule has 3 fully saturated rings. The predicted molar refractivity (Wildman–Crippen MR) is 121 cm³/mol. The van der Waals surface area contributed by atoms with E-state index in [1.165, 1.54) is 12.1 Å². The number of carbonyl (C=O) groups excluding carboxylic acids is 1. The van der Waals surface area contributed by atoms with Crippen LogP contribution in [0.15, 0.2) is 42.5 Å². The number of piperidine rings is 3. The molecule has 6 rings (SSSR count). The first-order chi connectivity index (χ1) is 16.1. The van der Waals surface area contributed by atoms with Crippen molar-refractivity contribution in [3.05, 3.63) is 53.6 Å². The Labute approximate surface area is 197 Å². The van der Waals surface area contributed by atoms with Gasteiger partial charge in [-0.2, -0.15) is 13.2 Å². The highest BCUT2D eigenvalue weighted by atomic mass is 19.4. The average Bonchev–Trinajstić information content (AvgIpc) is 2.81. The van der Waals surface area contributed by atoms with Crippen LogP contribution in [0.4, 0.5) is 18.0 Å². The quantitative estimate of drug-likeness (QED) is 0.625. The van der Waals surface area contributed by atoms with Gasteiger partial charge in [0, 0.05) is 17.5 Å². The van der Waals surface area contributed by atoms with Crippen molar-refractivity contribution in [2.45, 2.75) is 45.0 Å². The maximum absolute atomic E-state index is 13.5. The first-order valence-corrected chi connectivity index (χ1v) is 11.7. The number of ether oxygens (including phenoxy) is 2. The van der Waals surface area contributed by atoms with Crippen LogP contribution in [-0.2, 0) is 10.9 Å². The van der Waals surface area contributed by atoms with Gasteiger partial charge in [0.25, 0.3) is 0 Å². The summed E-state index contributed by atoms with van der Waals surface area (Å²) < 4.78 is 52.4. The second-order valence-electron chi connectivity index (χ2n) is 10.2. The van der Waals surface area contributed by atoms with Crippen LogP contribution >= 0.6 is 0 Å². The molecule has 2 aromatic rings. The fraction of sp³-hybridized carbons (Fsp3) is 0.500. The Morgan fingerprint density at radius 2 is 1.88 bits per heavy atom. The summed E-state index contributed by atoms with van der Waals surface area (Å²) in [6, 6.07) is 10.1. The number of hydrogen-bond acceptors (Lipinski definition) is 4. The van der Waals surface area contributed by atoms with Crippen LogP contribution in [0.2, 0.25) is 0 Å².